The molecule has 0 saturated heterocycles. The van der Waals surface area contributed by atoms with Crippen molar-refractivity contribution in [2.45, 2.75) is 66.1 Å². The smallest absolute Gasteiger partial charge is 0.239 e. The lowest BCUT2D eigenvalue weighted by Gasteiger charge is -2.45. The summed E-state index contributed by atoms with van der Waals surface area (Å²) >= 11 is 22.6. The van der Waals surface area contributed by atoms with Crippen LogP contribution in [0.1, 0.15) is 13.8 Å². The molecule has 0 rings (SSSR count). The van der Waals surface area contributed by atoms with E-state index in [0.29, 0.717) is 0 Å². The van der Waals surface area contributed by atoms with Crippen LogP contribution in [0.25, 0.3) is 0 Å². The van der Waals surface area contributed by atoms with Crippen LogP contribution < -0.4 is 0 Å². The second-order valence-electron chi connectivity index (χ2n) is 6.10. The third kappa shape index (κ3) is 12.8. The van der Waals surface area contributed by atoms with Gasteiger partial charge in [-0.05, 0) is 47.3 Å². The molecule has 7 unspecified atom stereocenters. The zero-order valence-electron chi connectivity index (χ0n) is 18.0. The molecule has 0 amide bonds. The average Bonchev–Trinajstić information content (AvgIpc) is 2.69. The minimum atomic E-state index is -5.29. The Morgan fingerprint density at radius 1 is 0.816 bits per heavy atom. The first-order valence-electron chi connectivity index (χ1n) is 8.88. The number of rotatable bonds is 18. The maximum atomic E-state index is 16.5. The Kier molecular flexibility index (Phi) is 19.5. The highest BCUT2D eigenvalue weighted by atomic mass is 79.9. The van der Waals surface area contributed by atoms with E-state index in [-0.39, 0.29) is 58.0 Å². The Bertz CT molecular complexity index is 705. The number of hydrogen-bond acceptors (Lipinski definition) is 8. The van der Waals surface area contributed by atoms with Crippen LogP contribution in [0, 0.1) is 0 Å². The summed E-state index contributed by atoms with van der Waals surface area (Å²) in [6.45, 7) is 2.39. The molecule has 0 radical (unpaired) electrons. The van der Waals surface area contributed by atoms with Gasteiger partial charge in [0.2, 0.25) is 3.41 Å². The Labute approximate surface area is 279 Å². The predicted octanol–water partition coefficient (Wildman–Crippen LogP) is 13.2. The van der Waals surface area contributed by atoms with Crippen molar-refractivity contribution in [3.05, 3.63) is 0 Å². The van der Waals surface area contributed by atoms with Crippen LogP contribution in [-0.2, 0) is 0 Å². The minimum Gasteiger partial charge on any atom is -0.239 e. The van der Waals surface area contributed by atoms with Crippen LogP contribution in [0.4, 0.5) is 43.9 Å². The molecule has 0 aromatic carbocycles. The van der Waals surface area contributed by atoms with Crippen LogP contribution in [-0.4, -0.2) is 58.3 Å². The van der Waals surface area contributed by atoms with Gasteiger partial charge in [0.05, 0.1) is 8.87 Å². The number of thioether (sulfide) groups is 7. The van der Waals surface area contributed by atoms with E-state index in [1.54, 1.807) is 0 Å². The minimum absolute atomic E-state index is 0.0174. The van der Waals surface area contributed by atoms with E-state index in [2.05, 4.69) is 15.9 Å². The fourth-order valence-corrected chi connectivity index (χ4v) is 17.7. The third-order valence-corrected chi connectivity index (χ3v) is 18.4. The molecule has 0 spiro atoms. The molecule has 7 atom stereocenters. The molecule has 0 N–H and O–H groups in total. The second kappa shape index (κ2) is 17.7. The summed E-state index contributed by atoms with van der Waals surface area (Å²) in [4.78, 5) is -1.99. The Hall–Kier alpha value is 4.03. The summed E-state index contributed by atoms with van der Waals surface area (Å²) in [5.74, 6) is -3.69. The van der Waals surface area contributed by atoms with Crippen molar-refractivity contribution in [2.24, 2.45) is 0 Å². The van der Waals surface area contributed by atoms with Crippen LogP contribution in [0.5, 0.6) is 0 Å². The Morgan fingerprint density at radius 3 is 1.68 bits per heavy atom. The Morgan fingerprint density at radius 2 is 1.34 bits per heavy atom. The van der Waals surface area contributed by atoms with Crippen molar-refractivity contribution >= 4 is 166 Å². The summed E-state index contributed by atoms with van der Waals surface area (Å²) in [7, 11) is 5.43. The first kappa shape index (κ1) is 42.0. The molecule has 230 valence electrons. The van der Waals surface area contributed by atoms with E-state index >= 15 is 4.39 Å². The number of halogens is 16. The third-order valence-electron chi connectivity index (χ3n) is 3.17. The summed E-state index contributed by atoms with van der Waals surface area (Å²) in [6, 6.07) is -1.63. The maximum absolute atomic E-state index is 16.5. The topological polar surface area (TPSA) is 0 Å². The van der Waals surface area contributed by atoms with Crippen molar-refractivity contribution in [3.8, 4) is 0 Å². The summed E-state index contributed by atoms with van der Waals surface area (Å²) in [5, 5.41) is -4.53. The van der Waals surface area contributed by atoms with Crippen molar-refractivity contribution in [1.29, 1.82) is 0 Å². The molecule has 24 heteroatoms. The normalized spacial score (nSPS) is 21.5. The van der Waals surface area contributed by atoms with Gasteiger partial charge in [0.25, 0.3) is 10.2 Å². The van der Waals surface area contributed by atoms with E-state index < -0.39 is 93.6 Å². The summed E-state index contributed by atoms with van der Waals surface area (Å²) in [6.07, 6.45) is -5.29. The molecule has 0 bridgehead atoms. The second-order valence-corrected chi connectivity index (χ2v) is 23.2. The number of alkyl halides is 15. The van der Waals surface area contributed by atoms with E-state index in [0.717, 1.165) is 6.92 Å². The Balaban J connectivity index is 7.05. The molecule has 38 heavy (non-hydrogen) atoms. The monoisotopic (exact) mass is 882 g/mol. The van der Waals surface area contributed by atoms with Gasteiger partial charge in [0.1, 0.15) is 15.4 Å². The molecular weight excluding hydrogens is 872 g/mol. The molecule has 0 fully saturated rings. The van der Waals surface area contributed by atoms with Crippen molar-refractivity contribution in [3.63, 3.8) is 0 Å². The molecule has 0 aliphatic carbocycles. The van der Waals surface area contributed by atoms with E-state index in [4.69, 9.17) is 57.1 Å². The predicted molar refractivity (Wildman–Crippen MR) is 163 cm³/mol. The first-order valence-corrected chi connectivity index (χ1v) is 19.4. The average molecular weight is 886 g/mol. The van der Waals surface area contributed by atoms with Gasteiger partial charge in [0.15, 0.2) is 8.91 Å². The molecule has 0 heterocycles. The van der Waals surface area contributed by atoms with Gasteiger partial charge in [0, 0.05) is 0 Å². The highest BCUT2D eigenvalue weighted by molar-refractivity contribution is 9.11. The van der Waals surface area contributed by atoms with Crippen LogP contribution in [0.3, 0.4) is 0 Å². The van der Waals surface area contributed by atoms with Crippen LogP contribution >= 0.6 is 166 Å². The van der Waals surface area contributed by atoms with Gasteiger partial charge >= 0.3 is 11.4 Å². The van der Waals surface area contributed by atoms with Crippen LogP contribution in [0.2, 0.25) is 0 Å². The van der Waals surface area contributed by atoms with Gasteiger partial charge < -0.3 is 0 Å². The molecule has 0 aliphatic rings. The highest BCUT2D eigenvalue weighted by Gasteiger charge is 2.68. The van der Waals surface area contributed by atoms with Gasteiger partial charge in [-0.3, -0.25) is 0 Å². The van der Waals surface area contributed by atoms with Crippen molar-refractivity contribution in [2.75, 3.05) is 6.01 Å². The van der Waals surface area contributed by atoms with Crippen molar-refractivity contribution < 1.29 is 43.9 Å². The fraction of sp³-hybridized carbons (Fsp3) is 1.00. The van der Waals surface area contributed by atoms with Gasteiger partial charge in [-0.15, -0.1) is 81.9 Å². The van der Waals surface area contributed by atoms with Gasteiger partial charge in [-0.25, -0.2) is 13.2 Å². The van der Waals surface area contributed by atoms with Gasteiger partial charge in [-0.1, -0.05) is 51.1 Å². The molecule has 0 saturated carbocycles. The fourth-order valence-electron chi connectivity index (χ4n) is 1.94. The maximum Gasteiger partial charge on any atom is 0.422 e. The zero-order valence-corrected chi connectivity index (χ0v) is 29.9. The van der Waals surface area contributed by atoms with E-state index in [1.807, 2.05) is 0 Å². The van der Waals surface area contributed by atoms with E-state index in [1.165, 1.54) is 6.92 Å². The van der Waals surface area contributed by atoms with Crippen LogP contribution in [0.15, 0.2) is 0 Å². The highest BCUT2D eigenvalue weighted by Crippen LogP contribution is 2.73. The first-order chi connectivity index (χ1) is 17.0. The largest absolute Gasteiger partial charge is 0.422 e. The SMILES string of the molecule is CC(Cl)SC(SC(C)Br)(SC(F)(Cl)C(SCl)(SC(F)C(Cl)Cl)SC(SCF)C(F)(F)SC(F)F)C(F)(F)F. The summed E-state index contributed by atoms with van der Waals surface area (Å²) < 4.78 is 127. The van der Waals surface area contributed by atoms with E-state index in [9.17, 15) is 39.5 Å². The lowest BCUT2D eigenvalue weighted by molar-refractivity contribution is -0.119. The standard InChI is InChI=1S/C14H14BrCl5F10S8/c1-4(15)32-14(12(28,29)30,33-5(2)16)37-11(19,27)13(38-20,34-7(22)6(17)18)35-8(31-3-21)10(25,26)36-9(23)24/h4-9H,3H2,1-2H3. The quantitative estimate of drug-likeness (QED) is 0.0749. The lowest BCUT2D eigenvalue weighted by Crippen LogP contribution is -2.47. The molecule has 0 aromatic heterocycles. The van der Waals surface area contributed by atoms with Crippen molar-refractivity contribution in [1.82, 2.24) is 0 Å². The summed E-state index contributed by atoms with van der Waals surface area (Å²) in [5.41, 5.74) is -2.60. The molecule has 0 aliphatic heterocycles. The molecule has 0 nitrogen and oxygen atoms in total. The molecule has 0 aromatic rings. The van der Waals surface area contributed by atoms with Gasteiger partial charge in [-0.2, -0.15) is 30.7 Å². The lowest BCUT2D eigenvalue weighted by atomic mass is 10.7. The molecular formula is C14H14BrCl5F10S8. The zero-order chi connectivity index (χ0) is 30.3. The number of hydrogen-bond donors (Lipinski definition) is 0.